The average Bonchev–Trinajstić information content (AvgIpc) is 2.97. The van der Waals surface area contributed by atoms with Crippen LogP contribution in [-0.4, -0.2) is 16.6 Å². The van der Waals surface area contributed by atoms with Gasteiger partial charge in [-0.25, -0.2) is 0 Å². The molecule has 1 aromatic carbocycles. The molecule has 0 bridgehead atoms. The number of para-hydroxylation sites is 1. The van der Waals surface area contributed by atoms with Gasteiger partial charge in [0.25, 0.3) is 0 Å². The van der Waals surface area contributed by atoms with Crippen LogP contribution in [0.1, 0.15) is 44.2 Å². The van der Waals surface area contributed by atoms with Crippen LogP contribution in [0, 0.1) is 5.41 Å². The molecule has 2 N–H and O–H groups in total. The lowest BCUT2D eigenvalue weighted by Crippen LogP contribution is -2.34. The fourth-order valence-corrected chi connectivity index (χ4v) is 2.91. The van der Waals surface area contributed by atoms with E-state index in [4.69, 9.17) is 4.42 Å². The second kappa shape index (κ2) is 6.75. The first-order chi connectivity index (χ1) is 11.4. The quantitative estimate of drug-likeness (QED) is 0.737. The third-order valence-corrected chi connectivity index (χ3v) is 4.20. The largest absolute Gasteiger partial charge is 0.459 e. The maximum Gasteiger partial charge on any atom is 0.134 e. The summed E-state index contributed by atoms with van der Waals surface area (Å²) < 4.78 is 6.04. The Labute approximate surface area is 142 Å². The van der Waals surface area contributed by atoms with E-state index in [-0.39, 0.29) is 11.5 Å². The van der Waals surface area contributed by atoms with E-state index >= 15 is 0 Å². The minimum Gasteiger partial charge on any atom is -0.459 e. The fraction of sp³-hybridized carbons (Fsp3) is 0.350. The highest BCUT2D eigenvalue weighted by molar-refractivity contribution is 5.77. The Hall–Kier alpha value is -2.17. The van der Waals surface area contributed by atoms with Gasteiger partial charge in [-0.2, -0.15) is 0 Å². The number of rotatable bonds is 5. The summed E-state index contributed by atoms with van der Waals surface area (Å²) in [7, 11) is 0. The number of aliphatic hydroxyl groups is 1. The standard InChI is InChI=1S/C20H24N2O2/c1-20(2,3)19(18-12-15-6-4-5-7-17(15)24-18)22-13-16(23)14-8-10-21-11-9-14/h4-12,16,19,22-23H,13H2,1-3H3. The first-order valence-corrected chi connectivity index (χ1v) is 8.25. The van der Waals surface area contributed by atoms with Gasteiger partial charge in [0.1, 0.15) is 11.3 Å². The van der Waals surface area contributed by atoms with Gasteiger partial charge in [0.2, 0.25) is 0 Å². The molecule has 24 heavy (non-hydrogen) atoms. The summed E-state index contributed by atoms with van der Waals surface area (Å²) in [6, 6.07) is 13.8. The van der Waals surface area contributed by atoms with Crippen molar-refractivity contribution in [2.75, 3.05) is 6.54 Å². The van der Waals surface area contributed by atoms with Gasteiger partial charge in [-0.3, -0.25) is 4.98 Å². The van der Waals surface area contributed by atoms with Crippen molar-refractivity contribution < 1.29 is 9.52 Å². The van der Waals surface area contributed by atoms with Gasteiger partial charge >= 0.3 is 0 Å². The van der Waals surface area contributed by atoms with Crippen molar-refractivity contribution >= 4 is 11.0 Å². The first kappa shape index (κ1) is 16.7. The Balaban J connectivity index is 1.80. The van der Waals surface area contributed by atoms with Gasteiger partial charge in [-0.05, 0) is 35.2 Å². The SMILES string of the molecule is CC(C)(C)C(NCC(O)c1ccncc1)c1cc2ccccc2o1. The van der Waals surface area contributed by atoms with E-state index in [1.807, 2.05) is 36.4 Å². The maximum absolute atomic E-state index is 10.4. The molecule has 0 amide bonds. The summed E-state index contributed by atoms with van der Waals surface area (Å²) in [4.78, 5) is 3.99. The molecule has 0 aliphatic carbocycles. The zero-order chi connectivity index (χ0) is 17.2. The number of fused-ring (bicyclic) bond motifs is 1. The van der Waals surface area contributed by atoms with Gasteiger partial charge in [-0.1, -0.05) is 39.0 Å². The maximum atomic E-state index is 10.4. The van der Waals surface area contributed by atoms with Crippen molar-refractivity contribution in [1.82, 2.24) is 10.3 Å². The Bertz CT molecular complexity index is 757. The molecule has 0 fully saturated rings. The fourth-order valence-electron chi connectivity index (χ4n) is 2.91. The normalized spacial score (nSPS) is 14.7. The first-order valence-electron chi connectivity index (χ1n) is 8.25. The van der Waals surface area contributed by atoms with E-state index in [0.29, 0.717) is 6.54 Å². The van der Waals surface area contributed by atoms with Crippen molar-refractivity contribution in [1.29, 1.82) is 0 Å². The second-order valence-electron chi connectivity index (χ2n) is 7.19. The van der Waals surface area contributed by atoms with Crippen LogP contribution < -0.4 is 5.32 Å². The lowest BCUT2D eigenvalue weighted by Gasteiger charge is -2.31. The van der Waals surface area contributed by atoms with Crippen LogP contribution in [-0.2, 0) is 0 Å². The van der Waals surface area contributed by atoms with Gasteiger partial charge in [0, 0.05) is 24.3 Å². The van der Waals surface area contributed by atoms with Gasteiger partial charge in [0.05, 0.1) is 12.1 Å². The number of nitrogens with zero attached hydrogens (tertiary/aromatic N) is 1. The third kappa shape index (κ3) is 3.66. The van der Waals surface area contributed by atoms with Crippen LogP contribution in [0.15, 0.2) is 59.3 Å². The number of pyridine rings is 1. The number of furan rings is 1. The number of hydrogen-bond donors (Lipinski definition) is 2. The predicted molar refractivity (Wildman–Crippen MR) is 95.6 cm³/mol. The summed E-state index contributed by atoms with van der Waals surface area (Å²) in [5.41, 5.74) is 1.69. The Morgan fingerprint density at radius 3 is 2.50 bits per heavy atom. The highest BCUT2D eigenvalue weighted by atomic mass is 16.3. The molecule has 0 aliphatic heterocycles. The van der Waals surface area contributed by atoms with E-state index in [9.17, 15) is 5.11 Å². The van der Waals surface area contributed by atoms with E-state index in [1.165, 1.54) is 0 Å². The van der Waals surface area contributed by atoms with Crippen LogP contribution in [0.5, 0.6) is 0 Å². The molecule has 2 heterocycles. The smallest absolute Gasteiger partial charge is 0.134 e. The molecule has 3 rings (SSSR count). The highest BCUT2D eigenvalue weighted by Gasteiger charge is 2.29. The number of nitrogens with one attached hydrogen (secondary N) is 1. The van der Waals surface area contributed by atoms with Crippen LogP contribution >= 0.6 is 0 Å². The van der Waals surface area contributed by atoms with E-state index in [0.717, 1.165) is 22.3 Å². The molecule has 4 heteroatoms. The summed E-state index contributed by atoms with van der Waals surface area (Å²) in [6.07, 6.45) is 2.81. The topological polar surface area (TPSA) is 58.3 Å². The number of aromatic nitrogens is 1. The zero-order valence-electron chi connectivity index (χ0n) is 14.4. The third-order valence-electron chi connectivity index (χ3n) is 4.20. The van der Waals surface area contributed by atoms with Crippen LogP contribution in [0.4, 0.5) is 0 Å². The predicted octanol–water partition coefficient (Wildman–Crippen LogP) is 4.24. The Kier molecular flexibility index (Phi) is 4.69. The monoisotopic (exact) mass is 324 g/mol. The molecular weight excluding hydrogens is 300 g/mol. The molecule has 126 valence electrons. The van der Waals surface area contributed by atoms with Crippen LogP contribution in [0.25, 0.3) is 11.0 Å². The molecule has 2 aromatic heterocycles. The molecule has 0 radical (unpaired) electrons. The van der Waals surface area contributed by atoms with Crippen molar-refractivity contribution in [3.8, 4) is 0 Å². The van der Waals surface area contributed by atoms with Crippen molar-refractivity contribution in [3.05, 3.63) is 66.2 Å². The molecule has 3 aromatic rings. The van der Waals surface area contributed by atoms with Crippen LogP contribution in [0.3, 0.4) is 0 Å². The zero-order valence-corrected chi connectivity index (χ0v) is 14.4. The minimum absolute atomic E-state index is 0.00128. The summed E-state index contributed by atoms with van der Waals surface area (Å²) in [5, 5.41) is 15.0. The molecule has 0 saturated carbocycles. The number of benzene rings is 1. The lowest BCUT2D eigenvalue weighted by molar-refractivity contribution is 0.149. The summed E-state index contributed by atoms with van der Waals surface area (Å²) in [6.45, 7) is 6.94. The highest BCUT2D eigenvalue weighted by Crippen LogP contribution is 2.36. The molecule has 4 nitrogen and oxygen atoms in total. The lowest BCUT2D eigenvalue weighted by atomic mass is 9.85. The molecule has 2 atom stereocenters. The van der Waals surface area contributed by atoms with Gasteiger partial charge < -0.3 is 14.8 Å². The van der Waals surface area contributed by atoms with Crippen molar-refractivity contribution in [2.24, 2.45) is 5.41 Å². The van der Waals surface area contributed by atoms with E-state index in [2.05, 4.69) is 37.1 Å². The molecule has 2 unspecified atom stereocenters. The van der Waals surface area contributed by atoms with Crippen molar-refractivity contribution in [2.45, 2.75) is 32.9 Å². The minimum atomic E-state index is -0.581. The Morgan fingerprint density at radius 2 is 1.83 bits per heavy atom. The molecule has 0 spiro atoms. The van der Waals surface area contributed by atoms with Gasteiger partial charge in [-0.15, -0.1) is 0 Å². The summed E-state index contributed by atoms with van der Waals surface area (Å²) >= 11 is 0. The molecule has 0 saturated heterocycles. The van der Waals surface area contributed by atoms with Crippen LogP contribution in [0.2, 0.25) is 0 Å². The van der Waals surface area contributed by atoms with Gasteiger partial charge in [0.15, 0.2) is 0 Å². The number of hydrogen-bond acceptors (Lipinski definition) is 4. The van der Waals surface area contributed by atoms with E-state index < -0.39 is 6.10 Å². The summed E-state index contributed by atoms with van der Waals surface area (Å²) in [5.74, 6) is 0.894. The van der Waals surface area contributed by atoms with Crippen molar-refractivity contribution in [3.63, 3.8) is 0 Å². The number of aliphatic hydroxyl groups excluding tert-OH is 1. The molecule has 0 aliphatic rings. The Morgan fingerprint density at radius 1 is 1.12 bits per heavy atom. The average molecular weight is 324 g/mol. The second-order valence-corrected chi connectivity index (χ2v) is 7.19. The van der Waals surface area contributed by atoms with E-state index in [1.54, 1.807) is 12.4 Å². The molecular formula is C20H24N2O2.